The van der Waals surface area contributed by atoms with Crippen LogP contribution < -0.4 is 5.32 Å². The minimum absolute atomic E-state index is 0.0971. The normalized spacial score (nSPS) is 21.4. The summed E-state index contributed by atoms with van der Waals surface area (Å²) >= 11 is 1.42. The number of nitrogens with one attached hydrogen (secondary N) is 1. The van der Waals surface area contributed by atoms with E-state index in [1.807, 2.05) is 12.3 Å². The SMILES string of the molecule is CC1CN(C(=O)Nc2nccs2)CCO1. The van der Waals surface area contributed by atoms with E-state index in [-0.39, 0.29) is 12.1 Å². The molecule has 0 radical (unpaired) electrons. The fourth-order valence-electron chi connectivity index (χ4n) is 1.46. The van der Waals surface area contributed by atoms with Crippen LogP contribution in [-0.2, 0) is 4.74 Å². The van der Waals surface area contributed by atoms with Gasteiger partial charge in [-0.2, -0.15) is 0 Å². The largest absolute Gasteiger partial charge is 0.375 e. The smallest absolute Gasteiger partial charge is 0.323 e. The van der Waals surface area contributed by atoms with E-state index in [1.165, 1.54) is 11.3 Å². The van der Waals surface area contributed by atoms with Crippen LogP contribution in [0.3, 0.4) is 0 Å². The Labute approximate surface area is 92.1 Å². The van der Waals surface area contributed by atoms with Crippen LogP contribution >= 0.6 is 11.3 Å². The standard InChI is InChI=1S/C9H13N3O2S/c1-7-6-12(3-4-14-7)9(13)11-8-10-2-5-15-8/h2,5,7H,3-4,6H2,1H3,(H,10,11,13). The van der Waals surface area contributed by atoms with Gasteiger partial charge in [0, 0.05) is 24.7 Å². The maximum absolute atomic E-state index is 11.7. The summed E-state index contributed by atoms with van der Waals surface area (Å²) in [7, 11) is 0. The van der Waals surface area contributed by atoms with Crippen molar-refractivity contribution in [3.63, 3.8) is 0 Å². The Morgan fingerprint density at radius 2 is 2.67 bits per heavy atom. The van der Waals surface area contributed by atoms with Crippen molar-refractivity contribution in [2.75, 3.05) is 25.0 Å². The molecule has 0 spiro atoms. The number of rotatable bonds is 1. The van der Waals surface area contributed by atoms with Crippen molar-refractivity contribution < 1.29 is 9.53 Å². The number of nitrogens with zero attached hydrogens (tertiary/aromatic N) is 2. The molecule has 0 aromatic carbocycles. The summed E-state index contributed by atoms with van der Waals surface area (Å²) in [5.41, 5.74) is 0. The molecule has 15 heavy (non-hydrogen) atoms. The van der Waals surface area contributed by atoms with Crippen molar-refractivity contribution in [2.24, 2.45) is 0 Å². The van der Waals surface area contributed by atoms with Gasteiger partial charge in [-0.25, -0.2) is 9.78 Å². The number of aromatic nitrogens is 1. The summed E-state index contributed by atoms with van der Waals surface area (Å²) in [5.74, 6) is 0. The number of carbonyl (C=O) groups excluding carboxylic acids is 1. The summed E-state index contributed by atoms with van der Waals surface area (Å²) in [4.78, 5) is 17.5. The average Bonchev–Trinajstić information content (AvgIpc) is 2.70. The van der Waals surface area contributed by atoms with E-state index >= 15 is 0 Å². The van der Waals surface area contributed by atoms with Crippen LogP contribution in [0.15, 0.2) is 11.6 Å². The molecule has 2 amide bonds. The highest BCUT2D eigenvalue weighted by molar-refractivity contribution is 7.13. The third-order valence-corrected chi connectivity index (χ3v) is 2.86. The Morgan fingerprint density at radius 1 is 1.80 bits per heavy atom. The minimum Gasteiger partial charge on any atom is -0.375 e. The number of hydrogen-bond donors (Lipinski definition) is 1. The molecular formula is C9H13N3O2S. The van der Waals surface area contributed by atoms with Crippen molar-refractivity contribution in [1.29, 1.82) is 0 Å². The zero-order valence-corrected chi connectivity index (χ0v) is 9.29. The molecule has 1 atom stereocenters. The molecule has 0 aliphatic carbocycles. The lowest BCUT2D eigenvalue weighted by molar-refractivity contribution is -0.00138. The van der Waals surface area contributed by atoms with Gasteiger partial charge in [0.2, 0.25) is 0 Å². The van der Waals surface area contributed by atoms with Gasteiger partial charge in [-0.3, -0.25) is 5.32 Å². The maximum atomic E-state index is 11.7. The molecule has 82 valence electrons. The number of ether oxygens (including phenoxy) is 1. The van der Waals surface area contributed by atoms with E-state index in [9.17, 15) is 4.79 Å². The second-order valence-electron chi connectivity index (χ2n) is 3.39. The van der Waals surface area contributed by atoms with Crippen molar-refractivity contribution in [2.45, 2.75) is 13.0 Å². The van der Waals surface area contributed by atoms with Crippen LogP contribution in [0.1, 0.15) is 6.92 Å². The first-order valence-corrected chi connectivity index (χ1v) is 5.70. The van der Waals surface area contributed by atoms with Gasteiger partial charge < -0.3 is 9.64 Å². The molecule has 1 fully saturated rings. The summed E-state index contributed by atoms with van der Waals surface area (Å²) in [6.45, 7) is 3.84. The highest BCUT2D eigenvalue weighted by Crippen LogP contribution is 2.12. The van der Waals surface area contributed by atoms with E-state index in [4.69, 9.17) is 4.74 Å². The van der Waals surface area contributed by atoms with Crippen LogP contribution in [0.5, 0.6) is 0 Å². The van der Waals surface area contributed by atoms with Crippen molar-refractivity contribution in [1.82, 2.24) is 9.88 Å². The molecule has 1 aromatic rings. The molecule has 5 nitrogen and oxygen atoms in total. The van der Waals surface area contributed by atoms with Gasteiger partial charge >= 0.3 is 6.03 Å². The highest BCUT2D eigenvalue weighted by Gasteiger charge is 2.21. The van der Waals surface area contributed by atoms with Gasteiger partial charge in [-0.15, -0.1) is 11.3 Å². The number of anilines is 1. The summed E-state index contributed by atoms with van der Waals surface area (Å²) in [5, 5.41) is 5.22. The second kappa shape index (κ2) is 4.59. The van der Waals surface area contributed by atoms with Crippen LogP contribution in [0.2, 0.25) is 0 Å². The number of thiazole rings is 1. The van der Waals surface area contributed by atoms with Gasteiger partial charge in [0.05, 0.1) is 12.7 Å². The third-order valence-electron chi connectivity index (χ3n) is 2.17. The number of urea groups is 1. The fourth-order valence-corrected chi connectivity index (χ4v) is 1.98. The maximum Gasteiger partial charge on any atom is 0.323 e. The lowest BCUT2D eigenvalue weighted by atomic mass is 10.3. The first kappa shape index (κ1) is 10.4. The summed E-state index contributed by atoms with van der Waals surface area (Å²) in [6.07, 6.45) is 1.78. The Morgan fingerprint density at radius 3 is 3.33 bits per heavy atom. The Bertz CT molecular complexity index is 328. The molecule has 6 heteroatoms. The van der Waals surface area contributed by atoms with E-state index in [1.54, 1.807) is 11.1 Å². The molecule has 1 saturated heterocycles. The van der Waals surface area contributed by atoms with Crippen molar-refractivity contribution >= 4 is 22.5 Å². The molecule has 1 aliphatic rings. The molecular weight excluding hydrogens is 214 g/mol. The predicted octanol–water partition coefficient (Wildman–Crippen LogP) is 1.40. The average molecular weight is 227 g/mol. The number of hydrogen-bond acceptors (Lipinski definition) is 4. The molecule has 0 saturated carbocycles. The monoisotopic (exact) mass is 227 g/mol. The van der Waals surface area contributed by atoms with Gasteiger partial charge in [-0.05, 0) is 6.92 Å². The second-order valence-corrected chi connectivity index (χ2v) is 4.29. The van der Waals surface area contributed by atoms with Gasteiger partial charge in [0.1, 0.15) is 0 Å². The number of amides is 2. The van der Waals surface area contributed by atoms with Gasteiger partial charge in [0.25, 0.3) is 0 Å². The minimum atomic E-state index is -0.0971. The lowest BCUT2D eigenvalue weighted by Crippen LogP contribution is -2.46. The predicted molar refractivity (Wildman–Crippen MR) is 58.1 cm³/mol. The van der Waals surface area contributed by atoms with E-state index in [2.05, 4.69) is 10.3 Å². The van der Waals surface area contributed by atoms with Gasteiger partial charge in [-0.1, -0.05) is 0 Å². The van der Waals surface area contributed by atoms with Crippen LogP contribution in [0, 0.1) is 0 Å². The first-order chi connectivity index (χ1) is 7.25. The molecule has 1 unspecified atom stereocenters. The van der Waals surface area contributed by atoms with E-state index in [0.717, 1.165) is 0 Å². The molecule has 1 aliphatic heterocycles. The molecule has 2 heterocycles. The Kier molecular flexibility index (Phi) is 3.17. The fraction of sp³-hybridized carbons (Fsp3) is 0.556. The van der Waals surface area contributed by atoms with Crippen LogP contribution in [0.25, 0.3) is 0 Å². The molecule has 1 aromatic heterocycles. The quantitative estimate of drug-likeness (QED) is 0.789. The van der Waals surface area contributed by atoms with Crippen molar-refractivity contribution in [3.05, 3.63) is 11.6 Å². The summed E-state index contributed by atoms with van der Waals surface area (Å²) < 4.78 is 5.36. The van der Waals surface area contributed by atoms with Gasteiger partial charge in [0.15, 0.2) is 5.13 Å². The molecule has 1 N–H and O–H groups in total. The zero-order chi connectivity index (χ0) is 10.7. The third kappa shape index (κ3) is 2.66. The molecule has 2 rings (SSSR count). The molecule has 0 bridgehead atoms. The topological polar surface area (TPSA) is 54.5 Å². The van der Waals surface area contributed by atoms with Crippen LogP contribution in [0.4, 0.5) is 9.93 Å². The summed E-state index contributed by atoms with van der Waals surface area (Å²) in [6, 6.07) is -0.0971. The lowest BCUT2D eigenvalue weighted by Gasteiger charge is -2.30. The van der Waals surface area contributed by atoms with E-state index < -0.39 is 0 Å². The van der Waals surface area contributed by atoms with Crippen LogP contribution in [-0.4, -0.2) is 41.7 Å². The van der Waals surface area contributed by atoms with Crippen molar-refractivity contribution in [3.8, 4) is 0 Å². The number of morpholine rings is 1. The van der Waals surface area contributed by atoms with E-state index in [0.29, 0.717) is 24.8 Å². The Balaban J connectivity index is 1.90. The first-order valence-electron chi connectivity index (χ1n) is 4.83. The highest BCUT2D eigenvalue weighted by atomic mass is 32.1. The number of carbonyl (C=O) groups is 1. The Hall–Kier alpha value is -1.14. The zero-order valence-electron chi connectivity index (χ0n) is 8.47.